The predicted octanol–water partition coefficient (Wildman–Crippen LogP) is 7.29. The van der Waals surface area contributed by atoms with E-state index in [4.69, 9.17) is 18.9 Å². The van der Waals surface area contributed by atoms with Crippen LogP contribution in [0.2, 0.25) is 0 Å². The second kappa shape index (κ2) is 23.8. The van der Waals surface area contributed by atoms with E-state index in [0.29, 0.717) is 85.2 Å². The monoisotopic (exact) mass is 1030 g/mol. The standard InChI is InChI=1S/C56H72F3N7O8/c1-36(72-9)50-43(17-12-24-61-50)51-45-30-54(2,3)35-73-53(70)46-18-13-25-66(62-46)52(69)40(27-37-14-10-15-38(26-37)39-19-20-47(44(45)28-39)65(51)34-56(57,58)59)16-11-23-60-48(67)29-41(33-71-8)74-42-31-64(32-42)49(68)21-22-55(4,5)63(6)7/h10,12,14-15,17,19-20,24,26,28,36,40-42,46,62H,11,13,16,18,23,25,27,29-35H2,1-9H3,(H,60,67)/t36-,40-,41?,46-/m0/s1. The van der Waals surface area contributed by atoms with Gasteiger partial charge in [-0.3, -0.25) is 34.1 Å². The van der Waals surface area contributed by atoms with Gasteiger partial charge >= 0.3 is 12.1 Å². The van der Waals surface area contributed by atoms with Crippen molar-refractivity contribution in [1.82, 2.24) is 35.1 Å². The molecule has 4 atom stereocenters. The van der Waals surface area contributed by atoms with Crippen LogP contribution in [0.25, 0.3) is 33.3 Å². The van der Waals surface area contributed by atoms with E-state index in [1.54, 1.807) is 36.2 Å². The number of aromatic nitrogens is 2. The normalized spacial score (nSPS) is 19.5. The quantitative estimate of drug-likeness (QED) is 0.0701. The average Bonchev–Trinajstić information content (AvgIpc) is 3.62. The third kappa shape index (κ3) is 13.9. The number of benzene rings is 2. The first-order chi connectivity index (χ1) is 35.1. The van der Waals surface area contributed by atoms with Crippen LogP contribution >= 0.6 is 0 Å². The van der Waals surface area contributed by atoms with Crippen molar-refractivity contribution < 1.29 is 51.3 Å². The molecule has 6 bridgehead atoms. The molecule has 5 heterocycles. The molecular formula is C56H72F3N7O8. The first-order valence-electron chi connectivity index (χ1n) is 25.5. The molecule has 3 aliphatic rings. The number of alkyl halides is 3. The van der Waals surface area contributed by atoms with Crippen molar-refractivity contribution in [3.8, 4) is 34.2 Å². The van der Waals surface area contributed by atoms with E-state index in [9.17, 15) is 32.3 Å². The minimum absolute atomic E-state index is 0.0375. The zero-order valence-electron chi connectivity index (χ0n) is 44.2. The van der Waals surface area contributed by atoms with Crippen LogP contribution in [-0.2, 0) is 57.5 Å². The minimum Gasteiger partial charge on any atom is -0.464 e. The molecule has 2 fully saturated rings. The van der Waals surface area contributed by atoms with Gasteiger partial charge in [-0.1, -0.05) is 50.1 Å². The molecule has 0 radical (unpaired) electrons. The number of esters is 1. The van der Waals surface area contributed by atoms with E-state index in [1.807, 2.05) is 83.1 Å². The number of hydrazine groups is 1. The van der Waals surface area contributed by atoms with Gasteiger partial charge < -0.3 is 33.7 Å². The van der Waals surface area contributed by atoms with Gasteiger partial charge in [0.2, 0.25) is 11.8 Å². The van der Waals surface area contributed by atoms with Gasteiger partial charge in [0, 0.05) is 74.4 Å². The Morgan fingerprint density at radius 2 is 1.81 bits per heavy atom. The van der Waals surface area contributed by atoms with Crippen molar-refractivity contribution in [1.29, 1.82) is 0 Å². The van der Waals surface area contributed by atoms with Crippen LogP contribution in [0.5, 0.6) is 0 Å². The van der Waals surface area contributed by atoms with E-state index in [1.165, 1.54) is 23.8 Å². The number of carbonyl (C=O) groups excluding carboxylic acids is 4. The van der Waals surface area contributed by atoms with E-state index in [0.717, 1.165) is 16.7 Å². The largest absolute Gasteiger partial charge is 0.464 e. The Bertz CT molecular complexity index is 2720. The Morgan fingerprint density at radius 3 is 2.53 bits per heavy atom. The van der Waals surface area contributed by atoms with Gasteiger partial charge in [0.1, 0.15) is 12.6 Å². The molecule has 2 aromatic carbocycles. The van der Waals surface area contributed by atoms with Crippen molar-refractivity contribution in [2.45, 2.75) is 122 Å². The number of ether oxygens (including phenoxy) is 4. The number of carbonyl (C=O) groups is 4. The Labute approximate surface area is 432 Å². The fourth-order valence-electron chi connectivity index (χ4n) is 9.74. The molecule has 3 amide bonds. The molecule has 2 N–H and O–H groups in total. The van der Waals surface area contributed by atoms with Gasteiger partial charge in [-0.2, -0.15) is 13.2 Å². The third-order valence-electron chi connectivity index (χ3n) is 14.4. The molecule has 2 saturated heterocycles. The molecule has 0 aliphatic carbocycles. The van der Waals surface area contributed by atoms with Crippen LogP contribution < -0.4 is 10.7 Å². The fraction of sp³-hybridized carbons (Fsp3) is 0.554. The Hall–Kier alpha value is -5.84. The summed E-state index contributed by atoms with van der Waals surface area (Å²) < 4.78 is 68.7. The summed E-state index contributed by atoms with van der Waals surface area (Å²) in [7, 11) is 6.87. The van der Waals surface area contributed by atoms with E-state index in [2.05, 4.69) is 27.6 Å². The number of pyridine rings is 1. The van der Waals surface area contributed by atoms with Gasteiger partial charge in [-0.05, 0) is 126 Å². The first-order valence-corrected chi connectivity index (χ1v) is 25.5. The lowest BCUT2D eigenvalue weighted by molar-refractivity contribution is -0.155. The topological polar surface area (TPSA) is 157 Å². The highest BCUT2D eigenvalue weighted by Crippen LogP contribution is 2.43. The molecule has 0 spiro atoms. The molecule has 74 heavy (non-hydrogen) atoms. The number of nitrogens with zero attached hydrogens (tertiary/aromatic N) is 5. The maximum Gasteiger partial charge on any atom is 0.406 e. The fourth-order valence-corrected chi connectivity index (χ4v) is 9.74. The second-order valence-corrected chi connectivity index (χ2v) is 21.4. The first kappa shape index (κ1) is 55.9. The Balaban J connectivity index is 1.12. The maximum atomic E-state index is 14.7. The number of amides is 3. The minimum atomic E-state index is -4.57. The molecular weight excluding hydrogens is 956 g/mol. The van der Waals surface area contributed by atoms with Crippen LogP contribution in [0.15, 0.2) is 60.8 Å². The zero-order chi connectivity index (χ0) is 53.5. The summed E-state index contributed by atoms with van der Waals surface area (Å²) >= 11 is 0. The smallest absolute Gasteiger partial charge is 0.406 e. The van der Waals surface area contributed by atoms with Crippen molar-refractivity contribution in [2.75, 3.05) is 67.7 Å². The number of likely N-dealkylation sites (tertiary alicyclic amines) is 1. The number of hydrogen-bond acceptors (Lipinski definition) is 11. The second-order valence-electron chi connectivity index (χ2n) is 21.4. The summed E-state index contributed by atoms with van der Waals surface area (Å²) in [4.78, 5) is 62.6. The van der Waals surface area contributed by atoms with Crippen molar-refractivity contribution in [2.24, 2.45) is 11.3 Å². The molecule has 400 valence electrons. The van der Waals surface area contributed by atoms with Crippen molar-refractivity contribution >= 4 is 34.6 Å². The summed E-state index contributed by atoms with van der Waals surface area (Å²) in [5.41, 5.74) is 6.84. The van der Waals surface area contributed by atoms with Gasteiger partial charge in [0.05, 0.1) is 54.9 Å². The van der Waals surface area contributed by atoms with E-state index >= 15 is 0 Å². The number of nitrogens with one attached hydrogen (secondary N) is 2. The molecule has 18 heteroatoms. The lowest BCUT2D eigenvalue weighted by Crippen LogP contribution is -2.57. The lowest BCUT2D eigenvalue weighted by Gasteiger charge is -2.39. The summed E-state index contributed by atoms with van der Waals surface area (Å²) in [6.07, 6.45) is -1.80. The van der Waals surface area contributed by atoms with Crippen molar-refractivity contribution in [3.05, 3.63) is 77.6 Å². The van der Waals surface area contributed by atoms with Gasteiger partial charge in [-0.25, -0.2) is 5.43 Å². The lowest BCUT2D eigenvalue weighted by atomic mass is 9.84. The number of methoxy groups -OCH3 is 2. The molecule has 0 saturated carbocycles. The van der Waals surface area contributed by atoms with Gasteiger partial charge in [-0.15, -0.1) is 0 Å². The van der Waals surface area contributed by atoms with Gasteiger partial charge in [0.25, 0.3) is 5.91 Å². The Morgan fingerprint density at radius 1 is 1.05 bits per heavy atom. The molecule has 4 aromatic rings. The van der Waals surface area contributed by atoms with Crippen LogP contribution in [0.4, 0.5) is 13.2 Å². The van der Waals surface area contributed by atoms with Crippen molar-refractivity contribution in [3.63, 3.8) is 0 Å². The Kier molecular flexibility index (Phi) is 18.0. The highest BCUT2D eigenvalue weighted by Gasteiger charge is 2.38. The maximum absolute atomic E-state index is 14.7. The zero-order valence-corrected chi connectivity index (χ0v) is 44.2. The molecule has 3 aliphatic heterocycles. The van der Waals surface area contributed by atoms with Crippen LogP contribution in [0, 0.1) is 23.2 Å². The van der Waals surface area contributed by atoms with E-state index in [-0.39, 0.29) is 56.4 Å². The predicted molar refractivity (Wildman–Crippen MR) is 275 cm³/mol. The highest BCUT2D eigenvalue weighted by atomic mass is 19.4. The SMILES string of the molecule is COCC(CC(=O)NCCC[C@H]1Cc2cccc(c2)-c2ccc3c(c2)c(c(-c2cccnc2[C@H](C)OC)n3CC(F)(F)F)CC(C)(C)COC(=O)[C@@H]2CCCN(N2)C1=O)OC1CN(C(=O)C#CC(C)(C)N(C)C)C1. The van der Waals surface area contributed by atoms with Gasteiger partial charge in [0.15, 0.2) is 0 Å². The average molecular weight is 1030 g/mol. The molecule has 1 unspecified atom stereocenters. The molecule has 7 rings (SSSR count). The molecule has 15 nitrogen and oxygen atoms in total. The number of halogens is 3. The molecule has 2 aromatic heterocycles. The summed E-state index contributed by atoms with van der Waals surface area (Å²) in [6.45, 7) is 9.82. The van der Waals surface area contributed by atoms with Crippen LogP contribution in [0.3, 0.4) is 0 Å². The number of hydrogen-bond donors (Lipinski definition) is 2. The highest BCUT2D eigenvalue weighted by molar-refractivity contribution is 5.96. The summed E-state index contributed by atoms with van der Waals surface area (Å²) in [5, 5.41) is 5.14. The number of fused-ring (bicyclic) bond motifs is 6. The summed E-state index contributed by atoms with van der Waals surface area (Å²) in [5.74, 6) is 3.98. The van der Waals surface area contributed by atoms with Crippen LogP contribution in [-0.4, -0.2) is 146 Å². The number of cyclic esters (lactones) is 1. The third-order valence-corrected chi connectivity index (χ3v) is 14.4. The van der Waals surface area contributed by atoms with Crippen LogP contribution in [0.1, 0.15) is 89.6 Å². The number of rotatable bonds is 15. The summed E-state index contributed by atoms with van der Waals surface area (Å²) in [6, 6.07) is 16.0. The van der Waals surface area contributed by atoms with E-state index < -0.39 is 53.8 Å².